The van der Waals surface area contributed by atoms with E-state index in [0.717, 1.165) is 43.5 Å². The summed E-state index contributed by atoms with van der Waals surface area (Å²) in [5, 5.41) is 0. The fourth-order valence-corrected chi connectivity index (χ4v) is 4.08. The zero-order chi connectivity index (χ0) is 17.8. The minimum Gasteiger partial charge on any atom is -0.483 e. The lowest BCUT2D eigenvalue weighted by Gasteiger charge is -2.38. The molecule has 4 heteroatoms. The van der Waals surface area contributed by atoms with Crippen LogP contribution in [0.15, 0.2) is 18.2 Å². The van der Waals surface area contributed by atoms with E-state index >= 15 is 0 Å². The standard InChI is InChI=1S/C21H32N2O2/c1-16(2)19-9-8-17(3)14-20(19)25-15-21(24)23-12-10-22(11-13-23)18-6-4-5-7-18/h8-9,14,16,18H,4-7,10-13,15H2,1-3H3. The predicted molar refractivity (Wildman–Crippen MR) is 101 cm³/mol. The number of aryl methyl sites for hydroxylation is 1. The molecule has 1 heterocycles. The zero-order valence-electron chi connectivity index (χ0n) is 16.0. The smallest absolute Gasteiger partial charge is 0.260 e. The van der Waals surface area contributed by atoms with E-state index < -0.39 is 0 Å². The molecule has 1 saturated heterocycles. The molecule has 2 fully saturated rings. The molecule has 1 aliphatic carbocycles. The maximum atomic E-state index is 12.5. The number of carbonyl (C=O) groups is 1. The lowest BCUT2D eigenvalue weighted by molar-refractivity contribution is -0.135. The van der Waals surface area contributed by atoms with Gasteiger partial charge < -0.3 is 9.64 Å². The molecule has 1 saturated carbocycles. The van der Waals surface area contributed by atoms with E-state index in [1.54, 1.807) is 0 Å². The second kappa shape index (κ2) is 8.22. The Bertz CT molecular complexity index is 586. The van der Waals surface area contributed by atoms with Gasteiger partial charge in [-0.1, -0.05) is 38.8 Å². The number of rotatable bonds is 5. The predicted octanol–water partition coefficient (Wildman–Crippen LogP) is 3.58. The Balaban J connectivity index is 1.51. The van der Waals surface area contributed by atoms with Crippen molar-refractivity contribution in [2.24, 2.45) is 0 Å². The summed E-state index contributed by atoms with van der Waals surface area (Å²) in [6.07, 6.45) is 5.41. The van der Waals surface area contributed by atoms with Gasteiger partial charge in [-0.2, -0.15) is 0 Å². The third kappa shape index (κ3) is 4.55. The van der Waals surface area contributed by atoms with Crippen molar-refractivity contribution in [3.63, 3.8) is 0 Å². The fourth-order valence-electron chi connectivity index (χ4n) is 4.08. The quantitative estimate of drug-likeness (QED) is 0.818. The summed E-state index contributed by atoms with van der Waals surface area (Å²) in [6, 6.07) is 7.02. The number of carbonyl (C=O) groups excluding carboxylic acids is 1. The molecule has 0 unspecified atom stereocenters. The molecule has 0 bridgehead atoms. The van der Waals surface area contributed by atoms with E-state index in [9.17, 15) is 4.79 Å². The van der Waals surface area contributed by atoms with Gasteiger partial charge in [-0.15, -0.1) is 0 Å². The van der Waals surface area contributed by atoms with E-state index in [2.05, 4.69) is 37.8 Å². The summed E-state index contributed by atoms with van der Waals surface area (Å²) in [6.45, 7) is 10.2. The van der Waals surface area contributed by atoms with Crippen LogP contribution in [-0.4, -0.2) is 54.5 Å². The van der Waals surface area contributed by atoms with Crippen molar-refractivity contribution in [1.82, 2.24) is 9.80 Å². The van der Waals surface area contributed by atoms with Gasteiger partial charge in [0.2, 0.25) is 0 Å². The van der Waals surface area contributed by atoms with Crippen molar-refractivity contribution in [3.05, 3.63) is 29.3 Å². The number of piperazine rings is 1. The van der Waals surface area contributed by atoms with Crippen LogP contribution < -0.4 is 4.74 Å². The SMILES string of the molecule is Cc1ccc(C(C)C)c(OCC(=O)N2CCN(C3CCCC3)CC2)c1. The van der Waals surface area contributed by atoms with E-state index in [1.165, 1.54) is 31.2 Å². The lowest BCUT2D eigenvalue weighted by Crippen LogP contribution is -2.52. The van der Waals surface area contributed by atoms with Crippen LogP contribution in [-0.2, 0) is 4.79 Å². The third-order valence-electron chi connectivity index (χ3n) is 5.65. The Morgan fingerprint density at radius 3 is 2.48 bits per heavy atom. The van der Waals surface area contributed by atoms with Crippen LogP contribution in [0.25, 0.3) is 0 Å². The fraction of sp³-hybridized carbons (Fsp3) is 0.667. The van der Waals surface area contributed by atoms with Gasteiger partial charge in [0.15, 0.2) is 6.61 Å². The van der Waals surface area contributed by atoms with Crippen molar-refractivity contribution >= 4 is 5.91 Å². The van der Waals surface area contributed by atoms with Gasteiger partial charge in [-0.3, -0.25) is 9.69 Å². The molecule has 0 aromatic heterocycles. The number of ether oxygens (including phenoxy) is 1. The summed E-state index contributed by atoms with van der Waals surface area (Å²) in [7, 11) is 0. The molecule has 1 amide bonds. The topological polar surface area (TPSA) is 32.8 Å². The van der Waals surface area contributed by atoms with Crippen LogP contribution in [0.2, 0.25) is 0 Å². The third-order valence-corrected chi connectivity index (χ3v) is 5.65. The summed E-state index contributed by atoms with van der Waals surface area (Å²) < 4.78 is 5.92. The van der Waals surface area contributed by atoms with Gasteiger partial charge in [-0.25, -0.2) is 0 Å². The van der Waals surface area contributed by atoms with Gasteiger partial charge in [-0.05, 0) is 42.9 Å². The maximum absolute atomic E-state index is 12.5. The lowest BCUT2D eigenvalue weighted by atomic mass is 10.0. The molecular weight excluding hydrogens is 312 g/mol. The van der Waals surface area contributed by atoms with Crippen molar-refractivity contribution in [2.45, 2.75) is 58.4 Å². The molecule has 2 aliphatic rings. The molecule has 4 nitrogen and oxygen atoms in total. The highest BCUT2D eigenvalue weighted by atomic mass is 16.5. The normalized spacial score (nSPS) is 19.6. The number of benzene rings is 1. The second-order valence-corrected chi connectivity index (χ2v) is 7.84. The molecule has 0 radical (unpaired) electrons. The summed E-state index contributed by atoms with van der Waals surface area (Å²) >= 11 is 0. The van der Waals surface area contributed by atoms with Crippen LogP contribution in [0.3, 0.4) is 0 Å². The highest BCUT2D eigenvalue weighted by molar-refractivity contribution is 5.78. The number of nitrogens with zero attached hydrogens (tertiary/aromatic N) is 2. The molecule has 0 spiro atoms. The first-order valence-electron chi connectivity index (χ1n) is 9.80. The average Bonchev–Trinajstić information content (AvgIpc) is 3.14. The van der Waals surface area contributed by atoms with Crippen LogP contribution in [0.1, 0.15) is 56.6 Å². The Kier molecular flexibility index (Phi) is 6.00. The molecule has 138 valence electrons. The van der Waals surface area contributed by atoms with Crippen molar-refractivity contribution in [2.75, 3.05) is 32.8 Å². The van der Waals surface area contributed by atoms with Gasteiger partial charge in [0.1, 0.15) is 5.75 Å². The first-order valence-corrected chi connectivity index (χ1v) is 9.80. The Hall–Kier alpha value is -1.55. The number of hydrogen-bond acceptors (Lipinski definition) is 3. The van der Waals surface area contributed by atoms with Gasteiger partial charge >= 0.3 is 0 Å². The van der Waals surface area contributed by atoms with E-state index in [0.29, 0.717) is 5.92 Å². The molecule has 0 N–H and O–H groups in total. The number of hydrogen-bond donors (Lipinski definition) is 0. The van der Waals surface area contributed by atoms with E-state index in [4.69, 9.17) is 4.74 Å². The molecule has 0 atom stereocenters. The number of amides is 1. The largest absolute Gasteiger partial charge is 0.483 e. The van der Waals surface area contributed by atoms with E-state index in [-0.39, 0.29) is 12.5 Å². The van der Waals surface area contributed by atoms with Crippen LogP contribution in [0, 0.1) is 6.92 Å². The van der Waals surface area contributed by atoms with E-state index in [1.807, 2.05) is 11.0 Å². The van der Waals surface area contributed by atoms with Gasteiger partial charge in [0, 0.05) is 32.2 Å². The van der Waals surface area contributed by atoms with Crippen LogP contribution in [0.4, 0.5) is 0 Å². The average molecular weight is 344 g/mol. The van der Waals surface area contributed by atoms with Crippen LogP contribution in [0.5, 0.6) is 5.75 Å². The Labute approximate surface area is 152 Å². The minimum absolute atomic E-state index is 0.113. The molecule has 1 aliphatic heterocycles. The first-order chi connectivity index (χ1) is 12.0. The highest BCUT2D eigenvalue weighted by Crippen LogP contribution is 2.28. The maximum Gasteiger partial charge on any atom is 0.260 e. The second-order valence-electron chi connectivity index (χ2n) is 7.84. The highest BCUT2D eigenvalue weighted by Gasteiger charge is 2.28. The molecule has 1 aromatic rings. The summed E-state index contributed by atoms with van der Waals surface area (Å²) in [5.41, 5.74) is 2.33. The van der Waals surface area contributed by atoms with Crippen molar-refractivity contribution in [1.29, 1.82) is 0 Å². The van der Waals surface area contributed by atoms with Crippen molar-refractivity contribution < 1.29 is 9.53 Å². The minimum atomic E-state index is 0.113. The van der Waals surface area contributed by atoms with Crippen LogP contribution >= 0.6 is 0 Å². The zero-order valence-corrected chi connectivity index (χ0v) is 16.0. The molecule has 25 heavy (non-hydrogen) atoms. The van der Waals surface area contributed by atoms with Gasteiger partial charge in [0.05, 0.1) is 0 Å². The molecular formula is C21H32N2O2. The summed E-state index contributed by atoms with van der Waals surface area (Å²) in [4.78, 5) is 17.1. The Morgan fingerprint density at radius 2 is 1.84 bits per heavy atom. The van der Waals surface area contributed by atoms with Crippen molar-refractivity contribution in [3.8, 4) is 5.75 Å². The Morgan fingerprint density at radius 1 is 1.16 bits per heavy atom. The molecule has 1 aromatic carbocycles. The molecule has 3 rings (SSSR count). The van der Waals surface area contributed by atoms with Gasteiger partial charge in [0.25, 0.3) is 5.91 Å². The summed E-state index contributed by atoms with van der Waals surface area (Å²) in [5.74, 6) is 1.36. The first kappa shape index (κ1) is 18.2. The monoisotopic (exact) mass is 344 g/mol.